The molecule has 0 amide bonds. The Morgan fingerprint density at radius 3 is 2.65 bits per heavy atom. The molecule has 0 aliphatic carbocycles. The quantitative estimate of drug-likeness (QED) is 0.894. The predicted molar refractivity (Wildman–Crippen MR) is 85.2 cm³/mol. The third kappa shape index (κ3) is 2.89. The first-order chi connectivity index (χ1) is 9.58. The Hall–Kier alpha value is -1.32. The Balaban J connectivity index is 2.35. The molecule has 4 heteroatoms. The predicted octanol–water partition coefficient (Wildman–Crippen LogP) is 4.20. The SMILES string of the molecule is CCNC(C)c1ccc(-c2cnn(CC)c2C)cc1Cl. The fourth-order valence-corrected chi connectivity index (χ4v) is 2.85. The van der Waals surface area contributed by atoms with Crippen molar-refractivity contribution < 1.29 is 0 Å². The molecule has 1 unspecified atom stereocenters. The molecule has 2 rings (SSSR count). The number of hydrogen-bond acceptors (Lipinski definition) is 2. The zero-order valence-corrected chi connectivity index (χ0v) is 13.3. The molecule has 2 aromatic rings. The van der Waals surface area contributed by atoms with Crippen molar-refractivity contribution in [2.75, 3.05) is 6.54 Å². The van der Waals surface area contributed by atoms with Crippen LogP contribution in [0.1, 0.15) is 38.1 Å². The van der Waals surface area contributed by atoms with Gasteiger partial charge in [0.25, 0.3) is 0 Å². The minimum atomic E-state index is 0.265. The van der Waals surface area contributed by atoms with Crippen LogP contribution in [0.2, 0.25) is 5.02 Å². The largest absolute Gasteiger partial charge is 0.310 e. The van der Waals surface area contributed by atoms with E-state index in [0.29, 0.717) is 0 Å². The average molecular weight is 292 g/mol. The smallest absolute Gasteiger partial charge is 0.0571 e. The van der Waals surface area contributed by atoms with Crippen LogP contribution in [0.25, 0.3) is 11.1 Å². The van der Waals surface area contributed by atoms with Crippen molar-refractivity contribution in [1.29, 1.82) is 0 Å². The summed E-state index contributed by atoms with van der Waals surface area (Å²) in [7, 11) is 0. The van der Waals surface area contributed by atoms with Crippen LogP contribution in [0, 0.1) is 6.92 Å². The summed E-state index contributed by atoms with van der Waals surface area (Å²) in [5, 5.41) is 8.58. The Morgan fingerprint density at radius 1 is 1.35 bits per heavy atom. The van der Waals surface area contributed by atoms with Gasteiger partial charge in [-0.25, -0.2) is 0 Å². The van der Waals surface area contributed by atoms with Crippen molar-refractivity contribution in [2.24, 2.45) is 0 Å². The summed E-state index contributed by atoms with van der Waals surface area (Å²) in [4.78, 5) is 0. The Labute approximate surface area is 126 Å². The van der Waals surface area contributed by atoms with Gasteiger partial charge in [0, 0.05) is 28.9 Å². The third-order valence-corrected chi connectivity index (χ3v) is 4.02. The monoisotopic (exact) mass is 291 g/mol. The summed E-state index contributed by atoms with van der Waals surface area (Å²) in [5.41, 5.74) is 4.59. The second-order valence-corrected chi connectivity index (χ2v) is 5.38. The molecule has 20 heavy (non-hydrogen) atoms. The summed E-state index contributed by atoms with van der Waals surface area (Å²) < 4.78 is 2.00. The first-order valence-corrected chi connectivity index (χ1v) is 7.51. The van der Waals surface area contributed by atoms with E-state index < -0.39 is 0 Å². The summed E-state index contributed by atoms with van der Waals surface area (Å²) in [5.74, 6) is 0. The molecule has 3 nitrogen and oxygen atoms in total. The fraction of sp³-hybridized carbons (Fsp3) is 0.438. The van der Waals surface area contributed by atoms with Crippen molar-refractivity contribution in [3.63, 3.8) is 0 Å². The molecule has 0 saturated carbocycles. The lowest BCUT2D eigenvalue weighted by Crippen LogP contribution is -2.17. The third-order valence-electron chi connectivity index (χ3n) is 3.69. The second-order valence-electron chi connectivity index (χ2n) is 4.98. The number of hydrogen-bond donors (Lipinski definition) is 1. The van der Waals surface area contributed by atoms with Crippen LogP contribution in [0.5, 0.6) is 0 Å². The summed E-state index contributed by atoms with van der Waals surface area (Å²) in [6, 6.07) is 6.53. The summed E-state index contributed by atoms with van der Waals surface area (Å²) in [6.45, 7) is 10.2. The van der Waals surface area contributed by atoms with Crippen LogP contribution in [-0.4, -0.2) is 16.3 Å². The van der Waals surface area contributed by atoms with Gasteiger partial charge >= 0.3 is 0 Å². The van der Waals surface area contributed by atoms with Crippen LogP contribution in [0.3, 0.4) is 0 Å². The van der Waals surface area contributed by atoms with Gasteiger partial charge < -0.3 is 5.32 Å². The molecule has 0 fully saturated rings. The van der Waals surface area contributed by atoms with Crippen molar-refractivity contribution in [1.82, 2.24) is 15.1 Å². The van der Waals surface area contributed by atoms with Gasteiger partial charge in [-0.2, -0.15) is 5.10 Å². The van der Waals surface area contributed by atoms with Gasteiger partial charge in [0.2, 0.25) is 0 Å². The number of benzene rings is 1. The van der Waals surface area contributed by atoms with E-state index in [2.05, 4.69) is 50.2 Å². The molecule has 0 spiro atoms. The molecular weight excluding hydrogens is 270 g/mol. The first kappa shape index (κ1) is 15.1. The molecule has 1 aromatic heterocycles. The summed E-state index contributed by atoms with van der Waals surface area (Å²) >= 11 is 6.44. The molecule has 0 saturated heterocycles. The molecule has 1 heterocycles. The van der Waals surface area contributed by atoms with Crippen molar-refractivity contribution in [2.45, 2.75) is 40.3 Å². The van der Waals surface area contributed by atoms with Crippen molar-refractivity contribution in [3.8, 4) is 11.1 Å². The number of aromatic nitrogens is 2. The highest BCUT2D eigenvalue weighted by Crippen LogP contribution is 2.30. The Bertz CT molecular complexity index is 589. The Kier molecular flexibility index (Phi) is 4.84. The number of nitrogens with one attached hydrogen (secondary N) is 1. The number of nitrogens with zero attached hydrogens (tertiary/aromatic N) is 2. The van der Waals surface area contributed by atoms with E-state index >= 15 is 0 Å². The highest BCUT2D eigenvalue weighted by Gasteiger charge is 2.12. The minimum absolute atomic E-state index is 0.265. The van der Waals surface area contributed by atoms with Gasteiger partial charge in [-0.05, 0) is 44.5 Å². The maximum Gasteiger partial charge on any atom is 0.0571 e. The van der Waals surface area contributed by atoms with Gasteiger partial charge in [-0.15, -0.1) is 0 Å². The molecule has 108 valence electrons. The van der Waals surface area contributed by atoms with Crippen LogP contribution in [-0.2, 0) is 6.54 Å². The van der Waals surface area contributed by atoms with Gasteiger partial charge in [-0.1, -0.05) is 30.7 Å². The highest BCUT2D eigenvalue weighted by molar-refractivity contribution is 6.31. The zero-order valence-electron chi connectivity index (χ0n) is 12.6. The molecule has 0 aliphatic heterocycles. The van der Waals surface area contributed by atoms with E-state index in [1.807, 2.05) is 16.9 Å². The maximum absolute atomic E-state index is 6.44. The van der Waals surface area contributed by atoms with E-state index in [-0.39, 0.29) is 6.04 Å². The zero-order chi connectivity index (χ0) is 14.7. The van der Waals surface area contributed by atoms with E-state index in [4.69, 9.17) is 11.6 Å². The Morgan fingerprint density at radius 2 is 2.10 bits per heavy atom. The molecule has 1 N–H and O–H groups in total. The summed E-state index contributed by atoms with van der Waals surface area (Å²) in [6.07, 6.45) is 1.91. The molecular formula is C16H22ClN3. The number of halogens is 1. The molecule has 0 aliphatic rings. The van der Waals surface area contributed by atoms with Gasteiger partial charge in [-0.3, -0.25) is 4.68 Å². The second kappa shape index (κ2) is 6.42. The molecule has 0 bridgehead atoms. The van der Waals surface area contributed by atoms with Crippen LogP contribution < -0.4 is 5.32 Å². The normalized spacial score (nSPS) is 12.7. The lowest BCUT2D eigenvalue weighted by atomic mass is 10.0. The first-order valence-electron chi connectivity index (χ1n) is 7.14. The van der Waals surface area contributed by atoms with Crippen LogP contribution >= 0.6 is 11.6 Å². The minimum Gasteiger partial charge on any atom is -0.310 e. The lowest BCUT2D eigenvalue weighted by molar-refractivity contribution is 0.598. The topological polar surface area (TPSA) is 29.9 Å². The fourth-order valence-electron chi connectivity index (χ4n) is 2.51. The maximum atomic E-state index is 6.44. The van der Waals surface area contributed by atoms with Gasteiger partial charge in [0.15, 0.2) is 0 Å². The standard InChI is InChI=1S/C16H22ClN3/c1-5-18-11(3)14-8-7-13(9-16(14)17)15-10-19-20(6-2)12(15)4/h7-11,18H,5-6H2,1-4H3. The van der Waals surface area contributed by atoms with Gasteiger partial charge in [0.1, 0.15) is 0 Å². The number of aryl methyl sites for hydroxylation is 1. The van der Waals surface area contributed by atoms with Crippen LogP contribution in [0.15, 0.2) is 24.4 Å². The van der Waals surface area contributed by atoms with E-state index in [1.54, 1.807) is 0 Å². The molecule has 0 radical (unpaired) electrons. The number of rotatable bonds is 5. The molecule has 1 aromatic carbocycles. The van der Waals surface area contributed by atoms with Crippen molar-refractivity contribution >= 4 is 11.6 Å². The average Bonchev–Trinajstić information content (AvgIpc) is 2.79. The van der Waals surface area contributed by atoms with E-state index in [0.717, 1.165) is 34.8 Å². The van der Waals surface area contributed by atoms with E-state index in [1.165, 1.54) is 5.69 Å². The lowest BCUT2D eigenvalue weighted by Gasteiger charge is -2.15. The molecule has 1 atom stereocenters. The van der Waals surface area contributed by atoms with E-state index in [9.17, 15) is 0 Å². The highest BCUT2D eigenvalue weighted by atomic mass is 35.5. The van der Waals surface area contributed by atoms with Gasteiger partial charge in [0.05, 0.1) is 6.20 Å². The van der Waals surface area contributed by atoms with Crippen molar-refractivity contribution in [3.05, 3.63) is 40.7 Å². The van der Waals surface area contributed by atoms with Crippen LogP contribution in [0.4, 0.5) is 0 Å².